The van der Waals surface area contributed by atoms with Gasteiger partial charge in [-0.25, -0.2) is 0 Å². The zero-order valence-electron chi connectivity index (χ0n) is 19.0. The molecule has 32 heavy (non-hydrogen) atoms. The van der Waals surface area contributed by atoms with E-state index in [0.717, 1.165) is 43.3 Å². The van der Waals surface area contributed by atoms with Crippen molar-refractivity contribution in [2.24, 2.45) is 0 Å². The summed E-state index contributed by atoms with van der Waals surface area (Å²) in [5, 5.41) is 4.85. The van der Waals surface area contributed by atoms with Crippen LogP contribution in [0.1, 0.15) is 33.8 Å². The maximum Gasteiger partial charge on any atom is 0.118 e. The summed E-state index contributed by atoms with van der Waals surface area (Å²) in [6.07, 6.45) is 1.86. The number of benzene rings is 2. The van der Waals surface area contributed by atoms with Gasteiger partial charge in [0.1, 0.15) is 5.75 Å². The average Bonchev–Trinajstić information content (AvgIpc) is 3.08. The Balaban J connectivity index is 1.57. The summed E-state index contributed by atoms with van der Waals surface area (Å²) in [6.45, 7) is 7.47. The molecule has 4 aromatic rings. The summed E-state index contributed by atoms with van der Waals surface area (Å²) >= 11 is 0. The quantitative estimate of drug-likeness (QED) is 0.371. The van der Waals surface area contributed by atoms with Crippen molar-refractivity contribution in [2.75, 3.05) is 7.11 Å². The fourth-order valence-corrected chi connectivity index (χ4v) is 3.97. The van der Waals surface area contributed by atoms with Gasteiger partial charge in [0.15, 0.2) is 0 Å². The van der Waals surface area contributed by atoms with Crippen LogP contribution < -0.4 is 4.74 Å². The second kappa shape index (κ2) is 10.2. The maximum atomic E-state index is 5.31. The van der Waals surface area contributed by atoms with Crippen molar-refractivity contribution in [3.05, 3.63) is 113 Å². The Morgan fingerprint density at radius 2 is 1.56 bits per heavy atom. The summed E-state index contributed by atoms with van der Waals surface area (Å²) < 4.78 is 7.43. The van der Waals surface area contributed by atoms with Gasteiger partial charge in [0.25, 0.3) is 0 Å². The van der Waals surface area contributed by atoms with Gasteiger partial charge >= 0.3 is 0 Å². The van der Waals surface area contributed by atoms with Gasteiger partial charge in [0.2, 0.25) is 0 Å². The molecule has 0 saturated carbocycles. The minimum atomic E-state index is 0.773. The van der Waals surface area contributed by atoms with E-state index < -0.39 is 0 Å². The Morgan fingerprint density at radius 1 is 0.812 bits per heavy atom. The predicted molar refractivity (Wildman–Crippen MR) is 127 cm³/mol. The first-order chi connectivity index (χ1) is 15.6. The van der Waals surface area contributed by atoms with E-state index in [1.807, 2.05) is 36.5 Å². The number of aryl methyl sites for hydroxylation is 1. The van der Waals surface area contributed by atoms with E-state index >= 15 is 0 Å². The summed E-state index contributed by atoms with van der Waals surface area (Å²) in [4.78, 5) is 6.98. The maximum absolute atomic E-state index is 5.31. The van der Waals surface area contributed by atoms with Gasteiger partial charge in [-0.15, -0.1) is 0 Å². The standard InChI is InChI=1S/C27H30N4O/c1-21-27(22(2)31(29-21)18-23-9-5-4-6-10-23)20-30(19-25-11-7-8-16-28-25)17-24-12-14-26(32-3)15-13-24/h4-16H,17-20H2,1-3H3. The second-order valence-corrected chi connectivity index (χ2v) is 8.11. The first-order valence-electron chi connectivity index (χ1n) is 10.9. The first kappa shape index (κ1) is 21.8. The molecule has 0 N–H and O–H groups in total. The monoisotopic (exact) mass is 426 g/mol. The van der Waals surface area contributed by atoms with Crippen molar-refractivity contribution >= 4 is 0 Å². The smallest absolute Gasteiger partial charge is 0.118 e. The molecular formula is C27H30N4O. The van der Waals surface area contributed by atoms with E-state index in [2.05, 4.69) is 70.9 Å². The van der Waals surface area contributed by atoms with Crippen molar-refractivity contribution < 1.29 is 4.74 Å². The summed E-state index contributed by atoms with van der Waals surface area (Å²) in [7, 11) is 1.70. The van der Waals surface area contributed by atoms with Gasteiger partial charge in [0.05, 0.1) is 25.0 Å². The van der Waals surface area contributed by atoms with E-state index in [0.29, 0.717) is 0 Å². The lowest BCUT2D eigenvalue weighted by molar-refractivity contribution is 0.243. The van der Waals surface area contributed by atoms with Crippen molar-refractivity contribution in [3.8, 4) is 5.75 Å². The SMILES string of the molecule is COc1ccc(CN(Cc2ccccn2)Cc2c(C)nn(Cc3ccccc3)c2C)cc1. The molecule has 2 aromatic carbocycles. The van der Waals surface area contributed by atoms with Crippen LogP contribution >= 0.6 is 0 Å². The second-order valence-electron chi connectivity index (χ2n) is 8.11. The van der Waals surface area contributed by atoms with Crippen molar-refractivity contribution in [3.63, 3.8) is 0 Å². The van der Waals surface area contributed by atoms with E-state index in [4.69, 9.17) is 9.84 Å². The molecule has 0 bridgehead atoms. The molecule has 0 aliphatic carbocycles. The first-order valence-corrected chi connectivity index (χ1v) is 10.9. The molecule has 0 unspecified atom stereocenters. The summed E-state index contributed by atoms with van der Waals surface area (Å²) in [5.41, 5.74) is 7.14. The Bertz CT molecular complexity index is 1120. The number of hydrogen-bond donors (Lipinski definition) is 0. The average molecular weight is 427 g/mol. The fraction of sp³-hybridized carbons (Fsp3) is 0.259. The van der Waals surface area contributed by atoms with E-state index in [-0.39, 0.29) is 0 Å². The topological polar surface area (TPSA) is 43.2 Å². The van der Waals surface area contributed by atoms with Crippen LogP contribution in [0.5, 0.6) is 5.75 Å². The molecule has 2 heterocycles. The number of ether oxygens (including phenoxy) is 1. The zero-order valence-corrected chi connectivity index (χ0v) is 19.0. The molecule has 164 valence electrons. The predicted octanol–water partition coefficient (Wildman–Crippen LogP) is 5.15. The molecular weight excluding hydrogens is 396 g/mol. The van der Waals surface area contributed by atoms with Gasteiger partial charge in [-0.3, -0.25) is 14.6 Å². The minimum absolute atomic E-state index is 0.773. The lowest BCUT2D eigenvalue weighted by Crippen LogP contribution is -2.23. The van der Waals surface area contributed by atoms with Crippen LogP contribution in [0.25, 0.3) is 0 Å². The number of nitrogens with zero attached hydrogens (tertiary/aromatic N) is 4. The number of methoxy groups -OCH3 is 1. The fourth-order valence-electron chi connectivity index (χ4n) is 3.97. The van der Waals surface area contributed by atoms with Crippen LogP contribution in [0.4, 0.5) is 0 Å². The summed E-state index contributed by atoms with van der Waals surface area (Å²) in [5.74, 6) is 0.874. The molecule has 2 aromatic heterocycles. The molecule has 0 aliphatic rings. The molecule has 0 atom stereocenters. The van der Waals surface area contributed by atoms with Crippen LogP contribution in [0.2, 0.25) is 0 Å². The molecule has 0 saturated heterocycles. The van der Waals surface area contributed by atoms with Gasteiger partial charge in [0, 0.05) is 37.1 Å². The molecule has 0 aliphatic heterocycles. The number of rotatable bonds is 9. The number of pyridine rings is 1. The third-order valence-corrected chi connectivity index (χ3v) is 5.77. The van der Waals surface area contributed by atoms with Gasteiger partial charge in [-0.05, 0) is 49.2 Å². The van der Waals surface area contributed by atoms with Crippen LogP contribution in [0, 0.1) is 13.8 Å². The molecule has 0 radical (unpaired) electrons. The van der Waals surface area contributed by atoms with E-state index in [1.54, 1.807) is 7.11 Å². The van der Waals surface area contributed by atoms with Crippen LogP contribution in [-0.4, -0.2) is 26.8 Å². The largest absolute Gasteiger partial charge is 0.497 e. The minimum Gasteiger partial charge on any atom is -0.497 e. The zero-order chi connectivity index (χ0) is 22.3. The van der Waals surface area contributed by atoms with Crippen molar-refractivity contribution in [1.82, 2.24) is 19.7 Å². The van der Waals surface area contributed by atoms with E-state index in [9.17, 15) is 0 Å². The lowest BCUT2D eigenvalue weighted by Gasteiger charge is -2.23. The Hall–Kier alpha value is -3.44. The molecule has 5 nitrogen and oxygen atoms in total. The molecule has 0 spiro atoms. The lowest BCUT2D eigenvalue weighted by atomic mass is 10.1. The summed E-state index contributed by atoms with van der Waals surface area (Å²) in [6, 6.07) is 24.9. The van der Waals surface area contributed by atoms with E-state index in [1.165, 1.54) is 22.4 Å². The molecule has 5 heteroatoms. The third-order valence-electron chi connectivity index (χ3n) is 5.77. The highest BCUT2D eigenvalue weighted by Crippen LogP contribution is 2.21. The third kappa shape index (κ3) is 5.42. The van der Waals surface area contributed by atoms with Crippen molar-refractivity contribution in [2.45, 2.75) is 40.0 Å². The van der Waals surface area contributed by atoms with Crippen LogP contribution in [0.3, 0.4) is 0 Å². The molecule has 4 rings (SSSR count). The Kier molecular flexibility index (Phi) is 6.97. The van der Waals surface area contributed by atoms with Gasteiger partial charge < -0.3 is 4.74 Å². The highest BCUT2D eigenvalue weighted by molar-refractivity contribution is 5.29. The normalized spacial score (nSPS) is 11.1. The number of aromatic nitrogens is 3. The van der Waals surface area contributed by atoms with Crippen LogP contribution in [-0.2, 0) is 26.2 Å². The Morgan fingerprint density at radius 3 is 2.25 bits per heavy atom. The highest BCUT2D eigenvalue weighted by Gasteiger charge is 2.17. The highest BCUT2D eigenvalue weighted by atomic mass is 16.5. The van der Waals surface area contributed by atoms with Crippen molar-refractivity contribution in [1.29, 1.82) is 0 Å². The molecule has 0 amide bonds. The van der Waals surface area contributed by atoms with Gasteiger partial charge in [-0.1, -0.05) is 48.5 Å². The molecule has 0 fully saturated rings. The number of hydrogen-bond acceptors (Lipinski definition) is 4. The van der Waals surface area contributed by atoms with Crippen LogP contribution in [0.15, 0.2) is 79.0 Å². The van der Waals surface area contributed by atoms with Gasteiger partial charge in [-0.2, -0.15) is 5.10 Å². The Labute approximate surface area is 190 Å².